The first kappa shape index (κ1) is 15.2. The summed E-state index contributed by atoms with van der Waals surface area (Å²) in [5, 5.41) is 13.9. The van der Waals surface area contributed by atoms with Crippen LogP contribution in [0.5, 0.6) is 0 Å². The van der Waals surface area contributed by atoms with E-state index in [4.69, 9.17) is 9.84 Å². The Morgan fingerprint density at radius 1 is 1.58 bits per heavy atom. The van der Waals surface area contributed by atoms with Crippen LogP contribution in [0.25, 0.3) is 0 Å². The first-order chi connectivity index (χ1) is 9.02. The molecule has 8 heteroatoms. The molecule has 3 amide bonds. The minimum absolute atomic E-state index is 0.0179. The zero-order valence-electron chi connectivity index (χ0n) is 10.8. The van der Waals surface area contributed by atoms with Crippen LogP contribution in [0.15, 0.2) is 0 Å². The van der Waals surface area contributed by atoms with E-state index in [0.717, 1.165) is 0 Å². The van der Waals surface area contributed by atoms with Gasteiger partial charge < -0.3 is 25.4 Å². The van der Waals surface area contributed by atoms with E-state index >= 15 is 0 Å². The molecule has 19 heavy (non-hydrogen) atoms. The zero-order chi connectivity index (χ0) is 14.3. The van der Waals surface area contributed by atoms with E-state index in [9.17, 15) is 14.4 Å². The molecule has 3 N–H and O–H groups in total. The number of aliphatic carboxylic acids is 1. The van der Waals surface area contributed by atoms with Crippen molar-refractivity contribution in [3.8, 4) is 0 Å². The van der Waals surface area contributed by atoms with Gasteiger partial charge in [0.25, 0.3) is 0 Å². The molecule has 1 saturated heterocycles. The van der Waals surface area contributed by atoms with Crippen LogP contribution in [0.3, 0.4) is 0 Å². The molecule has 1 unspecified atom stereocenters. The second-order valence-electron chi connectivity index (χ2n) is 4.13. The van der Waals surface area contributed by atoms with Crippen LogP contribution in [0.1, 0.15) is 13.3 Å². The third kappa shape index (κ3) is 5.56. The van der Waals surface area contributed by atoms with Crippen molar-refractivity contribution < 1.29 is 24.2 Å². The molecule has 0 saturated carbocycles. The second kappa shape index (κ2) is 7.57. The minimum Gasteiger partial charge on any atom is -0.481 e. The molecule has 1 rings (SSSR count). The van der Waals surface area contributed by atoms with Crippen LogP contribution in [-0.4, -0.2) is 66.8 Å². The van der Waals surface area contributed by atoms with E-state index in [1.807, 2.05) is 0 Å². The smallest absolute Gasteiger partial charge is 0.318 e. The van der Waals surface area contributed by atoms with Gasteiger partial charge in [0, 0.05) is 26.2 Å². The predicted molar refractivity (Wildman–Crippen MR) is 65.6 cm³/mol. The Bertz CT molecular complexity index is 347. The lowest BCUT2D eigenvalue weighted by Crippen LogP contribution is -2.53. The van der Waals surface area contributed by atoms with Crippen LogP contribution in [0.2, 0.25) is 0 Å². The maximum absolute atomic E-state index is 11.8. The fourth-order valence-corrected chi connectivity index (χ4v) is 1.75. The number of urea groups is 1. The molecule has 1 aliphatic rings. The summed E-state index contributed by atoms with van der Waals surface area (Å²) in [6.07, 6.45) is -0.737. The van der Waals surface area contributed by atoms with Gasteiger partial charge in [-0.3, -0.25) is 9.59 Å². The van der Waals surface area contributed by atoms with E-state index < -0.39 is 12.1 Å². The van der Waals surface area contributed by atoms with Gasteiger partial charge in [0.05, 0.1) is 12.5 Å². The van der Waals surface area contributed by atoms with E-state index in [0.29, 0.717) is 19.7 Å². The first-order valence-electron chi connectivity index (χ1n) is 6.15. The van der Waals surface area contributed by atoms with Gasteiger partial charge in [0.1, 0.15) is 6.54 Å². The average molecular weight is 273 g/mol. The lowest BCUT2D eigenvalue weighted by atomic mass is 10.2. The second-order valence-corrected chi connectivity index (χ2v) is 4.13. The van der Waals surface area contributed by atoms with Crippen LogP contribution >= 0.6 is 0 Å². The topological polar surface area (TPSA) is 108 Å². The minimum atomic E-state index is -0.981. The summed E-state index contributed by atoms with van der Waals surface area (Å²) in [5.41, 5.74) is 0. The summed E-state index contributed by atoms with van der Waals surface area (Å²) < 4.78 is 5.22. The third-order valence-corrected chi connectivity index (χ3v) is 2.61. The van der Waals surface area contributed by atoms with Gasteiger partial charge in [0.2, 0.25) is 5.91 Å². The van der Waals surface area contributed by atoms with E-state index in [2.05, 4.69) is 10.6 Å². The van der Waals surface area contributed by atoms with E-state index in [1.165, 1.54) is 4.90 Å². The van der Waals surface area contributed by atoms with Crippen LogP contribution in [-0.2, 0) is 14.3 Å². The Labute approximate surface area is 111 Å². The van der Waals surface area contributed by atoms with Crippen molar-refractivity contribution in [1.29, 1.82) is 0 Å². The molecule has 0 aromatic rings. The molecule has 1 fully saturated rings. The van der Waals surface area contributed by atoms with Gasteiger partial charge in [-0.15, -0.1) is 0 Å². The molecule has 1 heterocycles. The van der Waals surface area contributed by atoms with Crippen molar-refractivity contribution in [3.05, 3.63) is 0 Å². The molecule has 108 valence electrons. The Kier molecular flexibility index (Phi) is 6.07. The lowest BCUT2D eigenvalue weighted by molar-refractivity contribution is -0.140. The number of carboxylic acids is 1. The summed E-state index contributed by atoms with van der Waals surface area (Å²) >= 11 is 0. The van der Waals surface area contributed by atoms with Crippen molar-refractivity contribution in [1.82, 2.24) is 15.5 Å². The number of hydrogen-bond donors (Lipinski definition) is 3. The summed E-state index contributed by atoms with van der Waals surface area (Å²) in [4.78, 5) is 34.9. The Morgan fingerprint density at radius 3 is 2.89 bits per heavy atom. The van der Waals surface area contributed by atoms with E-state index in [1.54, 1.807) is 6.92 Å². The Hall–Kier alpha value is -1.83. The van der Waals surface area contributed by atoms with Crippen LogP contribution in [0, 0.1) is 0 Å². The number of ether oxygens (including phenoxy) is 1. The highest BCUT2D eigenvalue weighted by Crippen LogP contribution is 1.99. The summed E-state index contributed by atoms with van der Waals surface area (Å²) in [6, 6.07) is -0.384. The van der Waals surface area contributed by atoms with E-state index in [-0.39, 0.29) is 31.4 Å². The molecule has 1 atom stereocenters. The highest BCUT2D eigenvalue weighted by molar-refractivity contribution is 5.85. The summed E-state index contributed by atoms with van der Waals surface area (Å²) in [6.45, 7) is 3.12. The number of amides is 3. The molecule has 0 radical (unpaired) electrons. The van der Waals surface area contributed by atoms with Crippen LogP contribution < -0.4 is 10.6 Å². The van der Waals surface area contributed by atoms with Gasteiger partial charge in [-0.1, -0.05) is 0 Å². The number of nitrogens with zero attached hydrogens (tertiary/aromatic N) is 1. The van der Waals surface area contributed by atoms with Gasteiger partial charge in [-0.05, 0) is 6.92 Å². The normalized spacial score (nSPS) is 16.7. The number of piperazine rings is 1. The van der Waals surface area contributed by atoms with Crippen LogP contribution in [0.4, 0.5) is 4.79 Å². The quantitative estimate of drug-likeness (QED) is 0.576. The number of hydrogen-bond acceptors (Lipinski definition) is 4. The van der Waals surface area contributed by atoms with Crippen molar-refractivity contribution >= 4 is 17.9 Å². The number of carbonyl (C=O) groups excluding carboxylic acids is 2. The fourth-order valence-electron chi connectivity index (χ4n) is 1.75. The standard InChI is InChI=1S/C11H19N3O5/c1-2-19-8(5-10(16)17)6-13-11(18)14-4-3-12-9(15)7-14/h8H,2-7H2,1H3,(H,12,15)(H,13,18)(H,16,17). The molecule has 8 nitrogen and oxygen atoms in total. The van der Waals surface area contributed by atoms with Crippen molar-refractivity contribution in [2.45, 2.75) is 19.4 Å². The maximum Gasteiger partial charge on any atom is 0.318 e. The highest BCUT2D eigenvalue weighted by Gasteiger charge is 2.22. The molecular weight excluding hydrogens is 254 g/mol. The Morgan fingerprint density at radius 2 is 2.32 bits per heavy atom. The number of carboxylic acid groups (broad SMARTS) is 1. The number of nitrogens with one attached hydrogen (secondary N) is 2. The van der Waals surface area contributed by atoms with Crippen molar-refractivity contribution in [3.63, 3.8) is 0 Å². The number of rotatable bonds is 6. The first-order valence-corrected chi connectivity index (χ1v) is 6.15. The monoisotopic (exact) mass is 273 g/mol. The zero-order valence-corrected chi connectivity index (χ0v) is 10.8. The van der Waals surface area contributed by atoms with Gasteiger partial charge in [-0.2, -0.15) is 0 Å². The summed E-state index contributed by atoms with van der Waals surface area (Å²) in [7, 11) is 0. The van der Waals surface area contributed by atoms with Crippen molar-refractivity contribution in [2.75, 3.05) is 32.8 Å². The predicted octanol–water partition coefficient (Wildman–Crippen LogP) is -0.992. The molecule has 0 spiro atoms. The SMILES string of the molecule is CCOC(CNC(=O)N1CCNC(=O)C1)CC(=O)O. The molecule has 1 aliphatic heterocycles. The average Bonchev–Trinajstić information content (AvgIpc) is 2.35. The number of carbonyl (C=O) groups is 3. The molecule has 0 bridgehead atoms. The lowest BCUT2D eigenvalue weighted by Gasteiger charge is -2.27. The summed E-state index contributed by atoms with van der Waals surface area (Å²) in [5.74, 6) is -1.18. The molecule has 0 aromatic heterocycles. The van der Waals surface area contributed by atoms with Crippen molar-refractivity contribution in [2.24, 2.45) is 0 Å². The molecule has 0 aliphatic carbocycles. The van der Waals surface area contributed by atoms with Gasteiger partial charge in [0.15, 0.2) is 0 Å². The van der Waals surface area contributed by atoms with Gasteiger partial charge >= 0.3 is 12.0 Å². The highest BCUT2D eigenvalue weighted by atomic mass is 16.5. The fraction of sp³-hybridized carbons (Fsp3) is 0.727. The maximum atomic E-state index is 11.8. The Balaban J connectivity index is 2.37. The largest absolute Gasteiger partial charge is 0.481 e. The molecule has 0 aromatic carbocycles. The third-order valence-electron chi connectivity index (χ3n) is 2.61. The van der Waals surface area contributed by atoms with Gasteiger partial charge in [-0.25, -0.2) is 4.79 Å². The molecular formula is C11H19N3O5.